The van der Waals surface area contributed by atoms with Crippen molar-refractivity contribution in [1.82, 2.24) is 0 Å². The van der Waals surface area contributed by atoms with Crippen LogP contribution in [0.4, 0.5) is 0 Å². The Balaban J connectivity index is 2.74. The Morgan fingerprint density at radius 1 is 0.559 bits per heavy atom. The van der Waals surface area contributed by atoms with Gasteiger partial charge in [-0.25, -0.2) is 9.13 Å². The normalized spacial score (nSPS) is 22.7. The molecule has 0 saturated heterocycles. The Morgan fingerprint density at radius 3 is 1.59 bits per heavy atom. The minimum atomic E-state index is -5.40. The lowest BCUT2D eigenvalue weighted by atomic mass is 9.85. The van der Waals surface area contributed by atoms with Crippen LogP contribution in [0.1, 0.15) is 123 Å². The molecule has 68 heavy (non-hydrogen) atoms. The van der Waals surface area contributed by atoms with Crippen LogP contribution in [0.25, 0.3) is 0 Å². The van der Waals surface area contributed by atoms with E-state index in [0.29, 0.717) is 19.3 Å². The minimum Gasteiger partial charge on any atom is -0.462 e. The standard InChI is InChI=1S/C49H78O17P2/c1-3-5-7-9-11-13-15-17-19-21-22-24-26-28-30-32-34-40(50)36-37-43(52)64-41(38-62-42(51)35-33-31-29-27-25-23-20-18-16-14-12-10-8-6-4-2)39-63-68(60,61)66-49-46(55)44(53)45(54)48(47(49)56)65-67(57,58)59/h5,7,11-14,17-20,22,24-25,27-28,30,32,34,40-41,44-50,53-56H,3-4,6,8-10,15-16,21,23,26,29,31,33,35-39H2,1-2H3,(H,60,61)(H2,57,58,59)/b7-5-,13-11-,14-12-,19-17-,20-18-,24-22-,27-25-,30-28-,34-32-/t40?,41-,44?,45?,46?,47?,48-,49+/m1/s1. The molecule has 0 aliphatic heterocycles. The molecule has 1 rings (SSSR count). The fourth-order valence-corrected chi connectivity index (χ4v) is 7.80. The summed E-state index contributed by atoms with van der Waals surface area (Å²) in [4.78, 5) is 54.3. The second-order valence-electron chi connectivity index (χ2n) is 15.9. The van der Waals surface area contributed by atoms with Gasteiger partial charge < -0.3 is 49.7 Å². The fourth-order valence-electron chi connectivity index (χ4n) is 6.26. The van der Waals surface area contributed by atoms with Crippen molar-refractivity contribution in [2.24, 2.45) is 0 Å². The maximum Gasteiger partial charge on any atom is 0.472 e. The molecule has 386 valence electrons. The molecule has 1 aliphatic rings. The predicted molar refractivity (Wildman–Crippen MR) is 261 cm³/mol. The Kier molecular flexibility index (Phi) is 35.4. The quantitative estimate of drug-likeness (QED) is 0.00965. The molecule has 0 aromatic carbocycles. The van der Waals surface area contributed by atoms with E-state index in [2.05, 4.69) is 79.1 Å². The van der Waals surface area contributed by atoms with Gasteiger partial charge in [-0.05, 0) is 83.5 Å². The smallest absolute Gasteiger partial charge is 0.462 e. The first-order chi connectivity index (χ1) is 32.5. The van der Waals surface area contributed by atoms with Crippen LogP contribution in [0.3, 0.4) is 0 Å². The summed E-state index contributed by atoms with van der Waals surface area (Å²) in [6, 6.07) is 0. The molecule has 1 saturated carbocycles. The third-order valence-electron chi connectivity index (χ3n) is 9.95. The molecular weight excluding hydrogens is 922 g/mol. The van der Waals surface area contributed by atoms with Crippen molar-refractivity contribution in [3.8, 4) is 0 Å². The molecule has 17 nitrogen and oxygen atoms in total. The molecule has 0 bridgehead atoms. The van der Waals surface area contributed by atoms with Gasteiger partial charge in [-0.3, -0.25) is 23.2 Å². The SMILES string of the molecule is CC/C=C\C/C=C\C/C=C\C/C=C\C/C=C\C=C/C(O)CCC(=O)O[C@H](COC(=O)CCCC/C=C\C/C=C\C/C=C\CCCCC)COP(=O)(O)O[C@H]1C(O)C(O)C(O)[C@@H](OP(=O)(O)O)C1O. The van der Waals surface area contributed by atoms with Crippen LogP contribution >= 0.6 is 15.6 Å². The van der Waals surface area contributed by atoms with Gasteiger partial charge in [-0.1, -0.05) is 136 Å². The van der Waals surface area contributed by atoms with Gasteiger partial charge in [0, 0.05) is 12.8 Å². The zero-order valence-corrected chi connectivity index (χ0v) is 41.4. The van der Waals surface area contributed by atoms with E-state index in [9.17, 15) is 58.9 Å². The number of hydrogen-bond donors (Lipinski definition) is 8. The molecule has 1 fully saturated rings. The number of aliphatic hydroxyl groups excluding tert-OH is 5. The first kappa shape index (κ1) is 62.6. The van der Waals surface area contributed by atoms with Gasteiger partial charge in [0.25, 0.3) is 0 Å². The van der Waals surface area contributed by atoms with Gasteiger partial charge in [0.15, 0.2) is 6.10 Å². The maximum atomic E-state index is 13.0. The van der Waals surface area contributed by atoms with E-state index in [0.717, 1.165) is 51.4 Å². The van der Waals surface area contributed by atoms with E-state index in [1.165, 1.54) is 25.3 Å². The topological polar surface area (TPSA) is 276 Å². The summed E-state index contributed by atoms with van der Waals surface area (Å²) in [5.74, 6) is -1.55. The third-order valence-corrected chi connectivity index (χ3v) is 11.5. The average Bonchev–Trinajstić information content (AvgIpc) is 3.29. The van der Waals surface area contributed by atoms with Crippen LogP contribution in [0.2, 0.25) is 0 Å². The zero-order chi connectivity index (χ0) is 50.5. The van der Waals surface area contributed by atoms with E-state index in [1.54, 1.807) is 12.2 Å². The molecule has 19 heteroatoms. The van der Waals surface area contributed by atoms with Crippen molar-refractivity contribution in [1.29, 1.82) is 0 Å². The van der Waals surface area contributed by atoms with Gasteiger partial charge in [0.05, 0.1) is 12.7 Å². The van der Waals surface area contributed by atoms with Gasteiger partial charge in [0.1, 0.15) is 43.2 Å². The summed E-state index contributed by atoms with van der Waals surface area (Å²) in [5, 5.41) is 51.6. The Bertz CT molecular complexity index is 1750. The Morgan fingerprint density at radius 2 is 1.06 bits per heavy atom. The largest absolute Gasteiger partial charge is 0.472 e. The van der Waals surface area contributed by atoms with E-state index >= 15 is 0 Å². The summed E-state index contributed by atoms with van der Waals surface area (Å²) >= 11 is 0. The van der Waals surface area contributed by atoms with Crippen molar-refractivity contribution in [3.63, 3.8) is 0 Å². The van der Waals surface area contributed by atoms with E-state index in [1.807, 2.05) is 30.4 Å². The van der Waals surface area contributed by atoms with Crippen molar-refractivity contribution in [3.05, 3.63) is 109 Å². The number of phosphoric ester groups is 2. The highest BCUT2D eigenvalue weighted by molar-refractivity contribution is 7.47. The number of ether oxygens (including phenoxy) is 2. The molecule has 8 N–H and O–H groups in total. The zero-order valence-electron chi connectivity index (χ0n) is 39.6. The van der Waals surface area contributed by atoms with Crippen LogP contribution in [0.5, 0.6) is 0 Å². The number of allylic oxidation sites excluding steroid dienone is 17. The van der Waals surface area contributed by atoms with Gasteiger partial charge >= 0.3 is 27.6 Å². The highest BCUT2D eigenvalue weighted by Crippen LogP contribution is 2.49. The summed E-state index contributed by atoms with van der Waals surface area (Å²) in [6.07, 6.45) is 32.2. The van der Waals surface area contributed by atoms with E-state index in [-0.39, 0.29) is 19.3 Å². The highest BCUT2D eigenvalue weighted by atomic mass is 31.2. The molecule has 0 heterocycles. The number of rotatable bonds is 37. The lowest BCUT2D eigenvalue weighted by molar-refractivity contribution is -0.216. The van der Waals surface area contributed by atoms with Crippen LogP contribution in [0.15, 0.2) is 109 Å². The molecule has 1 aliphatic carbocycles. The monoisotopic (exact) mass is 1000 g/mol. The molecule has 0 aromatic rings. The summed E-state index contributed by atoms with van der Waals surface area (Å²) in [7, 11) is -10.8. The number of phosphoric acid groups is 2. The molecule has 0 radical (unpaired) electrons. The van der Waals surface area contributed by atoms with Crippen LogP contribution in [-0.4, -0.2) is 114 Å². The number of unbranched alkanes of at least 4 members (excludes halogenated alkanes) is 5. The third kappa shape index (κ3) is 32.4. The van der Waals surface area contributed by atoms with Crippen LogP contribution in [0, 0.1) is 0 Å². The Labute approximate surface area is 402 Å². The Hall–Kier alpha value is -3.38. The van der Waals surface area contributed by atoms with Crippen LogP contribution < -0.4 is 0 Å². The van der Waals surface area contributed by atoms with Gasteiger partial charge in [-0.2, -0.15) is 0 Å². The molecule has 6 unspecified atom stereocenters. The second-order valence-corrected chi connectivity index (χ2v) is 18.5. The average molecular weight is 1000 g/mol. The lowest BCUT2D eigenvalue weighted by Crippen LogP contribution is -2.64. The molecular formula is C49H78O17P2. The first-order valence-electron chi connectivity index (χ1n) is 23.5. The second kappa shape index (κ2) is 38.4. The van der Waals surface area contributed by atoms with Gasteiger partial charge in [-0.15, -0.1) is 0 Å². The fraction of sp³-hybridized carbons (Fsp3) is 0.592. The van der Waals surface area contributed by atoms with Crippen molar-refractivity contribution in [2.45, 2.75) is 172 Å². The summed E-state index contributed by atoms with van der Waals surface area (Å²) < 4.78 is 49.1. The summed E-state index contributed by atoms with van der Waals surface area (Å²) in [5.41, 5.74) is 0. The van der Waals surface area contributed by atoms with Gasteiger partial charge in [0.2, 0.25) is 0 Å². The van der Waals surface area contributed by atoms with Crippen molar-refractivity contribution < 1.29 is 82.0 Å². The molecule has 0 aromatic heterocycles. The first-order valence-corrected chi connectivity index (χ1v) is 26.6. The lowest BCUT2D eigenvalue weighted by Gasteiger charge is -2.43. The van der Waals surface area contributed by atoms with Crippen LogP contribution in [-0.2, 0) is 41.8 Å². The highest BCUT2D eigenvalue weighted by Gasteiger charge is 2.54. The molecule has 0 spiro atoms. The van der Waals surface area contributed by atoms with E-state index in [4.69, 9.17) is 18.5 Å². The van der Waals surface area contributed by atoms with Crippen molar-refractivity contribution >= 4 is 27.6 Å². The summed E-state index contributed by atoms with van der Waals surface area (Å²) in [6.45, 7) is 2.71. The number of carbonyl (C=O) groups is 2. The number of esters is 2. The predicted octanol–water partition coefficient (Wildman–Crippen LogP) is 7.92. The number of carbonyl (C=O) groups excluding carboxylic acids is 2. The minimum absolute atomic E-state index is 0.0152. The number of aliphatic hydroxyl groups is 5. The molecule has 9 atom stereocenters. The van der Waals surface area contributed by atoms with Crippen molar-refractivity contribution in [2.75, 3.05) is 13.2 Å². The maximum absolute atomic E-state index is 13.0. The number of hydrogen-bond acceptors (Lipinski definition) is 14. The van der Waals surface area contributed by atoms with E-state index < -0.39 is 89.6 Å². The molecule has 0 amide bonds.